The van der Waals surface area contributed by atoms with E-state index in [0.29, 0.717) is 11.8 Å². The van der Waals surface area contributed by atoms with Crippen molar-refractivity contribution in [1.29, 1.82) is 0 Å². The van der Waals surface area contributed by atoms with Crippen LogP contribution in [0.1, 0.15) is 6.42 Å². The molecule has 10 nitrogen and oxygen atoms in total. The number of rotatable bonds is 4. The number of hydrogen-bond donors (Lipinski definition) is 8. The summed E-state index contributed by atoms with van der Waals surface area (Å²) in [7, 11) is 0. The van der Waals surface area contributed by atoms with Crippen molar-refractivity contribution < 1.29 is 50.3 Å². The van der Waals surface area contributed by atoms with Gasteiger partial charge in [-0.25, -0.2) is 0 Å². The number of hydrogen-bond acceptors (Lipinski definition) is 11. The molecule has 2 aliphatic heterocycles. The van der Waals surface area contributed by atoms with Crippen LogP contribution < -0.4 is 0 Å². The maximum atomic E-state index is 10.5. The first kappa shape index (κ1) is 19.3. The van der Waals surface area contributed by atoms with E-state index in [4.69, 9.17) is 19.7 Å². The minimum atomic E-state index is -2.08. The number of aliphatic hydroxyl groups excluding tert-OH is 7. The molecule has 0 spiro atoms. The van der Waals surface area contributed by atoms with E-state index >= 15 is 0 Å². The number of thioether (sulfide) groups is 1. The molecule has 2 fully saturated rings. The second-order valence-electron chi connectivity index (χ2n) is 5.64. The van der Waals surface area contributed by atoms with Crippen LogP contribution in [0.5, 0.6) is 0 Å². The first-order valence-corrected chi connectivity index (χ1v) is 7.94. The highest BCUT2D eigenvalue weighted by Crippen LogP contribution is 2.43. The molecule has 2 heterocycles. The van der Waals surface area contributed by atoms with E-state index in [1.54, 1.807) is 0 Å². The Morgan fingerprint density at radius 1 is 0.870 bits per heavy atom. The lowest BCUT2D eigenvalue weighted by Gasteiger charge is -2.46. The summed E-state index contributed by atoms with van der Waals surface area (Å²) in [4.78, 5) is -2.08. The Bertz CT molecular complexity index is 398. The molecule has 0 aromatic rings. The summed E-state index contributed by atoms with van der Waals surface area (Å²) in [5.74, 6) is 0. The minimum Gasteiger partial charge on any atom is -0.394 e. The van der Waals surface area contributed by atoms with Gasteiger partial charge in [-0.15, -0.1) is 0 Å². The molecule has 0 aromatic carbocycles. The molecule has 1 unspecified atom stereocenters. The lowest BCUT2D eigenvalue weighted by Crippen LogP contribution is -2.61. The van der Waals surface area contributed by atoms with E-state index in [1.807, 2.05) is 0 Å². The second kappa shape index (κ2) is 7.45. The van der Waals surface area contributed by atoms with Crippen LogP contribution in [0.3, 0.4) is 0 Å². The Labute approximate surface area is 135 Å². The smallest absolute Gasteiger partial charge is 0.194 e. The van der Waals surface area contributed by atoms with Gasteiger partial charge >= 0.3 is 0 Å². The summed E-state index contributed by atoms with van der Waals surface area (Å²) in [6.45, 7) is -1.19. The minimum absolute atomic E-state index is 0.390. The predicted octanol–water partition coefficient (Wildman–Crippen LogP) is -4.33. The third-order valence-electron chi connectivity index (χ3n) is 3.97. The number of ether oxygens (including phenoxy) is 2. The molecular weight excluding hydrogens is 336 g/mol. The van der Waals surface area contributed by atoms with Crippen molar-refractivity contribution in [2.24, 2.45) is 0 Å². The van der Waals surface area contributed by atoms with Crippen molar-refractivity contribution >= 4 is 11.8 Å². The standard InChI is InChI=1S/C12H22O10S/c13-2-5-4(15)1-12(20,11(19)22-5)23-10-9(18)8(17)7(16)6(3-14)21-10/h4-11,13-20H,1-3H2/t4-,5+,6+,7-,8-,9+,10-,11?,12-/m0/s1. The van der Waals surface area contributed by atoms with E-state index in [2.05, 4.69) is 0 Å². The summed E-state index contributed by atoms with van der Waals surface area (Å²) in [6.07, 6.45) is -10.5. The van der Waals surface area contributed by atoms with Crippen molar-refractivity contribution in [1.82, 2.24) is 0 Å². The van der Waals surface area contributed by atoms with Gasteiger partial charge in [-0.2, -0.15) is 0 Å². The normalized spacial score (nSPS) is 51.7. The van der Waals surface area contributed by atoms with Gasteiger partial charge in [0.05, 0.1) is 19.3 Å². The monoisotopic (exact) mass is 358 g/mol. The molecule has 2 saturated heterocycles. The Morgan fingerprint density at radius 3 is 2.04 bits per heavy atom. The maximum Gasteiger partial charge on any atom is 0.194 e. The van der Waals surface area contributed by atoms with Gasteiger partial charge < -0.3 is 50.3 Å². The third kappa shape index (κ3) is 3.80. The average molecular weight is 358 g/mol. The molecule has 23 heavy (non-hydrogen) atoms. The largest absolute Gasteiger partial charge is 0.394 e. The average Bonchev–Trinajstić information content (AvgIpc) is 2.51. The second-order valence-corrected chi connectivity index (χ2v) is 7.05. The zero-order chi connectivity index (χ0) is 17.4. The SMILES string of the molecule is OC[C@H]1O[C@@H](S[C@@]2(O)C[C@H](O)[C@@H](CO)OC2O)[C@H](O)[C@@H](O)[C@H]1O. The van der Waals surface area contributed by atoms with Gasteiger partial charge in [-0.1, -0.05) is 11.8 Å². The highest BCUT2D eigenvalue weighted by Gasteiger charge is 2.52. The number of aliphatic hydroxyl groups is 8. The van der Waals surface area contributed by atoms with Crippen LogP contribution in [0.4, 0.5) is 0 Å². The van der Waals surface area contributed by atoms with E-state index in [0.717, 1.165) is 0 Å². The summed E-state index contributed by atoms with van der Waals surface area (Å²) in [5, 5.41) is 77.6. The fourth-order valence-electron chi connectivity index (χ4n) is 2.53. The van der Waals surface area contributed by atoms with Gasteiger partial charge in [0.25, 0.3) is 0 Å². The highest BCUT2D eigenvalue weighted by molar-refractivity contribution is 8.01. The van der Waals surface area contributed by atoms with Crippen LogP contribution in [0.15, 0.2) is 0 Å². The molecule has 0 radical (unpaired) electrons. The quantitative estimate of drug-likeness (QED) is 0.228. The van der Waals surface area contributed by atoms with Crippen LogP contribution >= 0.6 is 11.8 Å². The third-order valence-corrected chi connectivity index (χ3v) is 5.37. The molecule has 2 rings (SSSR count). The molecule has 0 amide bonds. The maximum absolute atomic E-state index is 10.5. The van der Waals surface area contributed by atoms with Crippen LogP contribution in [0.25, 0.3) is 0 Å². The Kier molecular flexibility index (Phi) is 6.25. The molecule has 0 aromatic heterocycles. The van der Waals surface area contributed by atoms with Gasteiger partial charge in [0.1, 0.15) is 36.0 Å². The fraction of sp³-hybridized carbons (Fsp3) is 1.00. The van der Waals surface area contributed by atoms with E-state index < -0.39 is 66.5 Å². The first-order valence-electron chi connectivity index (χ1n) is 7.06. The summed E-state index contributed by atoms with van der Waals surface area (Å²) >= 11 is 0.486. The molecule has 2 aliphatic rings. The van der Waals surface area contributed by atoms with Crippen molar-refractivity contribution in [3.8, 4) is 0 Å². The van der Waals surface area contributed by atoms with Crippen molar-refractivity contribution in [2.45, 2.75) is 59.7 Å². The first-order chi connectivity index (χ1) is 10.7. The molecule has 8 N–H and O–H groups in total. The van der Waals surface area contributed by atoms with Gasteiger partial charge in [-0.05, 0) is 0 Å². The molecule has 9 atom stereocenters. The van der Waals surface area contributed by atoms with Crippen LogP contribution in [0.2, 0.25) is 0 Å². The van der Waals surface area contributed by atoms with Crippen molar-refractivity contribution in [2.75, 3.05) is 13.2 Å². The van der Waals surface area contributed by atoms with E-state index in [9.17, 15) is 30.6 Å². The zero-order valence-electron chi connectivity index (χ0n) is 12.0. The van der Waals surface area contributed by atoms with Gasteiger partial charge in [0.2, 0.25) is 0 Å². The molecule has 11 heteroatoms. The molecule has 0 saturated carbocycles. The highest BCUT2D eigenvalue weighted by atomic mass is 32.2. The Balaban J connectivity index is 2.10. The summed E-state index contributed by atoms with van der Waals surface area (Å²) < 4.78 is 10.2. The van der Waals surface area contributed by atoms with Crippen LogP contribution in [-0.4, -0.2) is 107 Å². The predicted molar refractivity (Wildman–Crippen MR) is 74.9 cm³/mol. The molecule has 0 aliphatic carbocycles. The lowest BCUT2D eigenvalue weighted by molar-refractivity contribution is -0.264. The molecule has 0 bridgehead atoms. The Morgan fingerprint density at radius 2 is 1.48 bits per heavy atom. The zero-order valence-corrected chi connectivity index (χ0v) is 12.9. The fourth-order valence-corrected chi connectivity index (χ4v) is 3.87. The summed E-state index contributed by atoms with van der Waals surface area (Å²) in [6, 6.07) is 0. The molecule has 136 valence electrons. The summed E-state index contributed by atoms with van der Waals surface area (Å²) in [5.41, 5.74) is -1.30. The Hall–Kier alpha value is -0.0500. The van der Waals surface area contributed by atoms with Gasteiger partial charge in [0.15, 0.2) is 11.2 Å². The van der Waals surface area contributed by atoms with Crippen molar-refractivity contribution in [3.63, 3.8) is 0 Å². The van der Waals surface area contributed by atoms with Crippen LogP contribution in [0, 0.1) is 0 Å². The molecular formula is C12H22O10S. The van der Waals surface area contributed by atoms with E-state index in [1.165, 1.54) is 0 Å². The van der Waals surface area contributed by atoms with Crippen molar-refractivity contribution in [3.05, 3.63) is 0 Å². The van der Waals surface area contributed by atoms with Gasteiger partial charge in [0, 0.05) is 6.42 Å². The topological polar surface area (TPSA) is 180 Å². The van der Waals surface area contributed by atoms with E-state index in [-0.39, 0.29) is 6.42 Å². The van der Waals surface area contributed by atoms with Gasteiger partial charge in [-0.3, -0.25) is 0 Å². The van der Waals surface area contributed by atoms with Crippen LogP contribution in [-0.2, 0) is 9.47 Å². The lowest BCUT2D eigenvalue weighted by atomic mass is 10.0.